The zero-order valence-electron chi connectivity index (χ0n) is 9.42. The molecule has 2 aromatic rings. The number of ether oxygens (including phenoxy) is 1. The second-order valence-electron chi connectivity index (χ2n) is 3.81. The van der Waals surface area contributed by atoms with Gasteiger partial charge in [-0.2, -0.15) is 5.10 Å². The lowest BCUT2D eigenvalue weighted by Gasteiger charge is -2.14. The molecule has 2 N–H and O–H groups in total. The van der Waals surface area contributed by atoms with Gasteiger partial charge in [-0.05, 0) is 32.0 Å². The summed E-state index contributed by atoms with van der Waals surface area (Å²) in [5.41, 5.74) is 7.48. The lowest BCUT2D eigenvalue weighted by molar-refractivity contribution is 0.244. The van der Waals surface area contributed by atoms with Crippen molar-refractivity contribution in [2.45, 2.75) is 20.0 Å². The van der Waals surface area contributed by atoms with Gasteiger partial charge in [0.2, 0.25) is 0 Å². The molecule has 0 saturated carbocycles. The van der Waals surface area contributed by atoms with Crippen molar-refractivity contribution in [3.05, 3.63) is 36.7 Å². The van der Waals surface area contributed by atoms with Gasteiger partial charge in [0.1, 0.15) is 11.4 Å². The molecule has 0 aliphatic carbocycles. The number of anilines is 1. The summed E-state index contributed by atoms with van der Waals surface area (Å²) in [7, 11) is 0. The minimum Gasteiger partial charge on any atom is -0.489 e. The summed E-state index contributed by atoms with van der Waals surface area (Å²) in [4.78, 5) is 0. The van der Waals surface area contributed by atoms with Gasteiger partial charge in [-0.3, -0.25) is 0 Å². The van der Waals surface area contributed by atoms with E-state index in [0.717, 1.165) is 5.69 Å². The van der Waals surface area contributed by atoms with Crippen molar-refractivity contribution < 1.29 is 4.74 Å². The van der Waals surface area contributed by atoms with Gasteiger partial charge in [-0.25, -0.2) is 4.68 Å². The van der Waals surface area contributed by atoms with E-state index in [4.69, 9.17) is 10.5 Å². The topological polar surface area (TPSA) is 53.1 Å². The first-order valence-electron chi connectivity index (χ1n) is 5.23. The molecule has 0 bridgehead atoms. The van der Waals surface area contributed by atoms with Gasteiger partial charge in [0.15, 0.2) is 0 Å². The van der Waals surface area contributed by atoms with Crippen LogP contribution in [0.3, 0.4) is 0 Å². The summed E-state index contributed by atoms with van der Waals surface area (Å²) in [6.45, 7) is 3.94. The molecule has 2 rings (SSSR count). The van der Waals surface area contributed by atoms with E-state index in [1.807, 2.05) is 44.3 Å². The first-order chi connectivity index (χ1) is 7.68. The van der Waals surface area contributed by atoms with Crippen molar-refractivity contribution in [1.29, 1.82) is 0 Å². The van der Waals surface area contributed by atoms with E-state index < -0.39 is 0 Å². The minimum atomic E-state index is 0.107. The molecule has 0 aliphatic rings. The Bertz CT molecular complexity index is 463. The highest BCUT2D eigenvalue weighted by atomic mass is 16.5. The summed E-state index contributed by atoms with van der Waals surface area (Å²) in [6.07, 6.45) is 3.68. The predicted molar refractivity (Wildman–Crippen MR) is 63.7 cm³/mol. The van der Waals surface area contributed by atoms with Gasteiger partial charge in [-0.15, -0.1) is 0 Å². The summed E-state index contributed by atoms with van der Waals surface area (Å²) in [5.74, 6) is 0.697. The fourth-order valence-electron chi connectivity index (χ4n) is 1.50. The molecule has 1 aromatic heterocycles. The van der Waals surface area contributed by atoms with Crippen LogP contribution in [0.2, 0.25) is 0 Å². The van der Waals surface area contributed by atoms with Crippen LogP contribution < -0.4 is 10.5 Å². The fraction of sp³-hybridized carbons (Fsp3) is 0.250. The van der Waals surface area contributed by atoms with Crippen molar-refractivity contribution >= 4 is 5.69 Å². The highest BCUT2D eigenvalue weighted by Crippen LogP contribution is 2.28. The molecule has 1 aromatic carbocycles. The maximum Gasteiger partial charge on any atom is 0.144 e. The van der Waals surface area contributed by atoms with E-state index in [1.54, 1.807) is 10.9 Å². The zero-order chi connectivity index (χ0) is 11.5. The SMILES string of the molecule is CC(C)Oc1cccc(-n2cccn2)c1N. The fourth-order valence-corrected chi connectivity index (χ4v) is 1.50. The Hall–Kier alpha value is -1.97. The molecule has 0 radical (unpaired) electrons. The van der Waals surface area contributed by atoms with Crippen LogP contribution in [0.5, 0.6) is 5.75 Å². The maximum absolute atomic E-state index is 6.04. The first kappa shape index (κ1) is 10.5. The predicted octanol–water partition coefficient (Wildman–Crippen LogP) is 2.24. The van der Waals surface area contributed by atoms with E-state index in [1.165, 1.54) is 0 Å². The third-order valence-corrected chi connectivity index (χ3v) is 2.16. The van der Waals surface area contributed by atoms with E-state index in [-0.39, 0.29) is 6.10 Å². The van der Waals surface area contributed by atoms with Crippen LogP contribution in [0.4, 0.5) is 5.69 Å². The van der Waals surface area contributed by atoms with Crippen LogP contribution >= 0.6 is 0 Å². The molecule has 0 unspecified atom stereocenters. The van der Waals surface area contributed by atoms with Crippen LogP contribution in [0.15, 0.2) is 36.7 Å². The molecule has 4 heteroatoms. The van der Waals surface area contributed by atoms with Crippen LogP contribution in [0.25, 0.3) is 5.69 Å². The molecule has 0 atom stereocenters. The van der Waals surface area contributed by atoms with Crippen LogP contribution in [-0.4, -0.2) is 15.9 Å². The highest BCUT2D eigenvalue weighted by Gasteiger charge is 2.08. The van der Waals surface area contributed by atoms with Crippen LogP contribution in [0, 0.1) is 0 Å². The molecule has 16 heavy (non-hydrogen) atoms. The number of para-hydroxylation sites is 1. The summed E-state index contributed by atoms with van der Waals surface area (Å²) in [5, 5.41) is 4.15. The lowest BCUT2D eigenvalue weighted by atomic mass is 10.2. The van der Waals surface area contributed by atoms with Gasteiger partial charge in [-0.1, -0.05) is 6.07 Å². The minimum absolute atomic E-state index is 0.107. The van der Waals surface area contributed by atoms with Gasteiger partial charge in [0, 0.05) is 12.4 Å². The number of hydrogen-bond donors (Lipinski definition) is 1. The second-order valence-corrected chi connectivity index (χ2v) is 3.81. The molecular weight excluding hydrogens is 202 g/mol. The highest BCUT2D eigenvalue weighted by molar-refractivity contribution is 5.66. The molecule has 0 fully saturated rings. The Kier molecular flexibility index (Phi) is 2.81. The quantitative estimate of drug-likeness (QED) is 0.802. The van der Waals surface area contributed by atoms with E-state index >= 15 is 0 Å². The van der Waals surface area contributed by atoms with Crippen molar-refractivity contribution in [3.8, 4) is 11.4 Å². The second kappa shape index (κ2) is 4.26. The van der Waals surface area contributed by atoms with Crippen molar-refractivity contribution in [3.63, 3.8) is 0 Å². The van der Waals surface area contributed by atoms with Crippen molar-refractivity contribution in [1.82, 2.24) is 9.78 Å². The summed E-state index contributed by atoms with van der Waals surface area (Å²) in [6, 6.07) is 7.54. The number of rotatable bonds is 3. The third kappa shape index (κ3) is 2.00. The molecule has 0 spiro atoms. The largest absolute Gasteiger partial charge is 0.489 e. The molecule has 84 valence electrons. The molecule has 1 heterocycles. The Labute approximate surface area is 94.6 Å². The Morgan fingerprint density at radius 2 is 2.12 bits per heavy atom. The maximum atomic E-state index is 6.04. The Morgan fingerprint density at radius 1 is 1.31 bits per heavy atom. The number of benzene rings is 1. The van der Waals surface area contributed by atoms with E-state index in [0.29, 0.717) is 11.4 Å². The van der Waals surface area contributed by atoms with Crippen LogP contribution in [-0.2, 0) is 0 Å². The van der Waals surface area contributed by atoms with E-state index in [9.17, 15) is 0 Å². The number of hydrogen-bond acceptors (Lipinski definition) is 3. The number of nitrogens with zero attached hydrogens (tertiary/aromatic N) is 2. The summed E-state index contributed by atoms with van der Waals surface area (Å²) >= 11 is 0. The normalized spacial score (nSPS) is 10.7. The smallest absolute Gasteiger partial charge is 0.144 e. The number of nitrogen functional groups attached to an aromatic ring is 1. The lowest BCUT2D eigenvalue weighted by Crippen LogP contribution is -2.09. The first-order valence-corrected chi connectivity index (χ1v) is 5.23. The van der Waals surface area contributed by atoms with Gasteiger partial charge >= 0.3 is 0 Å². The average Bonchev–Trinajstić information content (AvgIpc) is 2.73. The Morgan fingerprint density at radius 3 is 2.75 bits per heavy atom. The Balaban J connectivity index is 2.41. The van der Waals surface area contributed by atoms with Gasteiger partial charge < -0.3 is 10.5 Å². The molecular formula is C12H15N3O. The standard InChI is InChI=1S/C12H15N3O/c1-9(2)16-11-6-3-5-10(12(11)13)15-8-4-7-14-15/h3-9H,13H2,1-2H3. The van der Waals surface area contributed by atoms with E-state index in [2.05, 4.69) is 5.10 Å². The molecule has 0 aliphatic heterocycles. The number of nitrogens with two attached hydrogens (primary N) is 1. The molecule has 4 nitrogen and oxygen atoms in total. The summed E-state index contributed by atoms with van der Waals surface area (Å²) < 4.78 is 7.34. The average molecular weight is 217 g/mol. The monoisotopic (exact) mass is 217 g/mol. The molecule has 0 saturated heterocycles. The van der Waals surface area contributed by atoms with Crippen LogP contribution in [0.1, 0.15) is 13.8 Å². The number of aromatic nitrogens is 2. The third-order valence-electron chi connectivity index (χ3n) is 2.16. The zero-order valence-corrected chi connectivity index (χ0v) is 9.42. The van der Waals surface area contributed by atoms with Crippen molar-refractivity contribution in [2.24, 2.45) is 0 Å². The van der Waals surface area contributed by atoms with Crippen molar-refractivity contribution in [2.75, 3.05) is 5.73 Å². The van der Waals surface area contributed by atoms with Gasteiger partial charge in [0.05, 0.1) is 11.8 Å². The molecule has 0 amide bonds. The van der Waals surface area contributed by atoms with Gasteiger partial charge in [0.25, 0.3) is 0 Å².